The summed E-state index contributed by atoms with van der Waals surface area (Å²) in [5.41, 5.74) is 2.72. The highest BCUT2D eigenvalue weighted by Crippen LogP contribution is 2.30. The van der Waals surface area contributed by atoms with Gasteiger partial charge in [-0.2, -0.15) is 0 Å². The third-order valence-electron chi connectivity index (χ3n) is 4.84. The summed E-state index contributed by atoms with van der Waals surface area (Å²) in [7, 11) is 0. The number of carbonyl (C=O) groups is 1. The fourth-order valence-corrected chi connectivity index (χ4v) is 4.45. The van der Waals surface area contributed by atoms with Gasteiger partial charge in [-0.3, -0.25) is 14.6 Å². The van der Waals surface area contributed by atoms with Gasteiger partial charge in [0.05, 0.1) is 23.4 Å². The van der Waals surface area contributed by atoms with E-state index in [1.807, 2.05) is 12.1 Å². The Hall–Kier alpha value is -1.99. The van der Waals surface area contributed by atoms with Crippen molar-refractivity contribution in [2.24, 2.45) is 0 Å². The van der Waals surface area contributed by atoms with Crippen LogP contribution in [0, 0.1) is 6.92 Å². The van der Waals surface area contributed by atoms with Crippen LogP contribution >= 0.6 is 22.9 Å². The molecule has 0 radical (unpaired) electrons. The Morgan fingerprint density at radius 1 is 1.21 bits per heavy atom. The number of aryl methyl sites for hydroxylation is 1. The minimum atomic E-state index is -0.0549. The van der Waals surface area contributed by atoms with Gasteiger partial charge in [-0.25, -0.2) is 4.98 Å². The summed E-state index contributed by atoms with van der Waals surface area (Å²) in [4.78, 5) is 22.1. The molecule has 146 valence electrons. The summed E-state index contributed by atoms with van der Waals surface area (Å²) in [6, 6.07) is 13.2. The SMILES string of the molecule is Cc1ccc2nc(N(CCN3CCOCC3)C(=O)c3ccc(Cl)cc3)sc2c1. The molecule has 1 aliphatic rings. The zero-order valence-electron chi connectivity index (χ0n) is 15.7. The predicted molar refractivity (Wildman–Crippen MR) is 115 cm³/mol. The van der Waals surface area contributed by atoms with Crippen molar-refractivity contribution in [1.82, 2.24) is 9.88 Å². The molecule has 1 saturated heterocycles. The Balaban J connectivity index is 1.62. The van der Waals surface area contributed by atoms with Gasteiger partial charge >= 0.3 is 0 Å². The van der Waals surface area contributed by atoms with Gasteiger partial charge in [0.2, 0.25) is 0 Å². The van der Waals surface area contributed by atoms with E-state index in [0.29, 0.717) is 17.1 Å². The van der Waals surface area contributed by atoms with Gasteiger partial charge in [-0.15, -0.1) is 0 Å². The average molecular weight is 416 g/mol. The second-order valence-electron chi connectivity index (χ2n) is 6.89. The minimum Gasteiger partial charge on any atom is -0.379 e. The van der Waals surface area contributed by atoms with E-state index in [2.05, 4.69) is 17.9 Å². The first kappa shape index (κ1) is 19.3. The second-order valence-corrected chi connectivity index (χ2v) is 8.33. The number of fused-ring (bicyclic) bond motifs is 1. The van der Waals surface area contributed by atoms with Gasteiger partial charge in [-0.1, -0.05) is 29.0 Å². The number of morpholine rings is 1. The predicted octanol–water partition coefficient (Wildman–Crippen LogP) is 4.24. The number of hydrogen-bond donors (Lipinski definition) is 0. The maximum absolute atomic E-state index is 13.3. The monoisotopic (exact) mass is 415 g/mol. The zero-order valence-corrected chi connectivity index (χ0v) is 17.3. The lowest BCUT2D eigenvalue weighted by molar-refractivity contribution is 0.0391. The van der Waals surface area contributed by atoms with Crippen molar-refractivity contribution in [2.45, 2.75) is 6.92 Å². The third kappa shape index (κ3) is 4.36. The zero-order chi connectivity index (χ0) is 19.5. The van der Waals surface area contributed by atoms with Crippen LogP contribution in [-0.2, 0) is 4.74 Å². The molecule has 0 saturated carbocycles. The first-order chi connectivity index (χ1) is 13.6. The Kier molecular flexibility index (Phi) is 5.92. The summed E-state index contributed by atoms with van der Waals surface area (Å²) in [5, 5.41) is 1.35. The molecule has 0 unspecified atom stereocenters. The van der Waals surface area contributed by atoms with Crippen molar-refractivity contribution in [3.8, 4) is 0 Å². The lowest BCUT2D eigenvalue weighted by Gasteiger charge is -2.29. The number of carbonyl (C=O) groups excluding carboxylic acids is 1. The highest BCUT2D eigenvalue weighted by Gasteiger charge is 2.23. The third-order valence-corrected chi connectivity index (χ3v) is 6.14. The van der Waals surface area contributed by atoms with Crippen molar-refractivity contribution in [2.75, 3.05) is 44.3 Å². The lowest BCUT2D eigenvalue weighted by atomic mass is 10.2. The number of hydrogen-bond acceptors (Lipinski definition) is 5. The van der Waals surface area contributed by atoms with Gasteiger partial charge in [0.15, 0.2) is 5.13 Å². The molecular formula is C21H22ClN3O2S. The fraction of sp³-hybridized carbons (Fsp3) is 0.333. The number of nitrogens with zero attached hydrogens (tertiary/aromatic N) is 3. The Labute approximate surface area is 173 Å². The standard InChI is InChI=1S/C21H22ClN3O2S/c1-15-2-7-18-19(14-15)28-21(23-18)25(9-8-24-10-12-27-13-11-24)20(26)16-3-5-17(22)6-4-16/h2-7,14H,8-13H2,1H3. The molecule has 4 rings (SSSR count). The van der Waals surface area contributed by atoms with Gasteiger partial charge in [-0.05, 0) is 48.9 Å². The first-order valence-corrected chi connectivity index (χ1v) is 10.5. The molecule has 0 N–H and O–H groups in total. The highest BCUT2D eigenvalue weighted by molar-refractivity contribution is 7.22. The fourth-order valence-electron chi connectivity index (χ4n) is 3.23. The topological polar surface area (TPSA) is 45.7 Å². The van der Waals surface area contributed by atoms with Crippen LogP contribution in [-0.4, -0.2) is 55.2 Å². The number of halogens is 1. The number of benzene rings is 2. The van der Waals surface area contributed by atoms with Crippen LogP contribution in [0.5, 0.6) is 0 Å². The summed E-state index contributed by atoms with van der Waals surface area (Å²) in [6.07, 6.45) is 0. The molecule has 0 atom stereocenters. The highest BCUT2D eigenvalue weighted by atomic mass is 35.5. The van der Waals surface area contributed by atoms with Crippen molar-refractivity contribution in [1.29, 1.82) is 0 Å². The molecule has 1 fully saturated rings. The Bertz CT molecular complexity index is 967. The van der Waals surface area contributed by atoms with Crippen LogP contribution in [0.25, 0.3) is 10.2 Å². The number of amides is 1. The van der Waals surface area contributed by atoms with Crippen LogP contribution < -0.4 is 4.90 Å². The maximum Gasteiger partial charge on any atom is 0.260 e. The summed E-state index contributed by atoms with van der Waals surface area (Å²) in [6.45, 7) is 6.70. The molecule has 2 heterocycles. The van der Waals surface area contributed by atoms with Crippen LogP contribution in [0.1, 0.15) is 15.9 Å². The van der Waals surface area contributed by atoms with Crippen molar-refractivity contribution < 1.29 is 9.53 Å². The molecule has 0 spiro atoms. The molecule has 7 heteroatoms. The number of ether oxygens (including phenoxy) is 1. The smallest absolute Gasteiger partial charge is 0.260 e. The van der Waals surface area contributed by atoms with E-state index in [-0.39, 0.29) is 5.91 Å². The number of aromatic nitrogens is 1. The van der Waals surface area contributed by atoms with Crippen molar-refractivity contribution in [3.63, 3.8) is 0 Å². The van der Waals surface area contributed by atoms with Gasteiger partial charge < -0.3 is 4.74 Å². The summed E-state index contributed by atoms with van der Waals surface area (Å²) >= 11 is 7.55. The van der Waals surface area contributed by atoms with Crippen molar-refractivity contribution in [3.05, 3.63) is 58.6 Å². The molecule has 0 bridgehead atoms. The van der Waals surface area contributed by atoms with Crippen LogP contribution in [0.2, 0.25) is 5.02 Å². The van der Waals surface area contributed by atoms with Gasteiger partial charge in [0, 0.05) is 36.8 Å². The first-order valence-electron chi connectivity index (χ1n) is 9.35. The molecule has 3 aromatic rings. The molecule has 1 aliphatic heterocycles. The number of thiazole rings is 1. The van der Waals surface area contributed by atoms with Crippen LogP contribution in [0.15, 0.2) is 42.5 Å². The molecule has 2 aromatic carbocycles. The van der Waals surface area contributed by atoms with E-state index < -0.39 is 0 Å². The Morgan fingerprint density at radius 3 is 2.71 bits per heavy atom. The van der Waals surface area contributed by atoms with Crippen LogP contribution in [0.3, 0.4) is 0 Å². The number of rotatable bonds is 5. The molecule has 1 aromatic heterocycles. The molecular weight excluding hydrogens is 394 g/mol. The minimum absolute atomic E-state index is 0.0549. The largest absolute Gasteiger partial charge is 0.379 e. The second kappa shape index (κ2) is 8.57. The van der Waals surface area contributed by atoms with Crippen molar-refractivity contribution >= 4 is 44.2 Å². The summed E-state index contributed by atoms with van der Waals surface area (Å²) < 4.78 is 6.52. The normalized spacial score (nSPS) is 15.1. The van der Waals surface area contributed by atoms with E-state index in [4.69, 9.17) is 21.3 Å². The molecule has 28 heavy (non-hydrogen) atoms. The van der Waals surface area contributed by atoms with E-state index in [1.165, 1.54) is 5.56 Å². The van der Waals surface area contributed by atoms with E-state index in [9.17, 15) is 4.79 Å². The molecule has 5 nitrogen and oxygen atoms in total. The molecule has 0 aliphatic carbocycles. The average Bonchev–Trinajstić information content (AvgIpc) is 3.12. The lowest BCUT2D eigenvalue weighted by Crippen LogP contribution is -2.43. The van der Waals surface area contributed by atoms with E-state index >= 15 is 0 Å². The van der Waals surface area contributed by atoms with E-state index in [1.54, 1.807) is 40.5 Å². The Morgan fingerprint density at radius 2 is 1.96 bits per heavy atom. The maximum atomic E-state index is 13.3. The number of anilines is 1. The van der Waals surface area contributed by atoms with Crippen LogP contribution in [0.4, 0.5) is 5.13 Å². The van der Waals surface area contributed by atoms with Gasteiger partial charge in [0.25, 0.3) is 5.91 Å². The molecule has 1 amide bonds. The summed E-state index contributed by atoms with van der Waals surface area (Å²) in [5.74, 6) is -0.0549. The van der Waals surface area contributed by atoms with Gasteiger partial charge in [0.1, 0.15) is 0 Å². The van der Waals surface area contributed by atoms with E-state index in [0.717, 1.165) is 48.2 Å². The quantitative estimate of drug-likeness (QED) is 0.625.